The second-order valence-electron chi connectivity index (χ2n) is 6.22. The first-order valence-electron chi connectivity index (χ1n) is 6.86. The van der Waals surface area contributed by atoms with E-state index in [0.29, 0.717) is 13.0 Å². The molecule has 0 bridgehead atoms. The van der Waals surface area contributed by atoms with Gasteiger partial charge >= 0.3 is 5.97 Å². The number of rotatable bonds is 9. The lowest BCUT2D eigenvalue weighted by Crippen LogP contribution is -2.52. The van der Waals surface area contributed by atoms with Gasteiger partial charge in [0.15, 0.2) is 0 Å². The normalized spacial score (nSPS) is 12.3. The van der Waals surface area contributed by atoms with E-state index >= 15 is 0 Å². The minimum atomic E-state index is -0.773. The molecule has 112 valence electrons. The fraction of sp³-hybridized carbons (Fsp3) is 0.857. The fourth-order valence-corrected chi connectivity index (χ4v) is 1.83. The quantitative estimate of drug-likeness (QED) is 0.598. The largest absolute Gasteiger partial charge is 0.481 e. The summed E-state index contributed by atoms with van der Waals surface area (Å²) in [5.41, 5.74) is -0.645. The maximum atomic E-state index is 11.9. The zero-order valence-corrected chi connectivity index (χ0v) is 12.8. The van der Waals surface area contributed by atoms with Crippen LogP contribution in [0.25, 0.3) is 0 Å². The average molecular weight is 272 g/mol. The molecule has 3 N–H and O–H groups in total. The van der Waals surface area contributed by atoms with Crippen LogP contribution in [0.1, 0.15) is 53.9 Å². The topological polar surface area (TPSA) is 78.4 Å². The lowest BCUT2D eigenvalue weighted by molar-refractivity contribution is -0.137. The predicted octanol–water partition coefficient (Wildman–Crippen LogP) is 1.77. The Labute approximate surface area is 116 Å². The molecule has 0 aromatic rings. The highest BCUT2D eigenvalue weighted by Crippen LogP contribution is 2.26. The van der Waals surface area contributed by atoms with E-state index in [2.05, 4.69) is 10.6 Å². The number of likely N-dealkylation sites (N-methyl/N-ethyl adjacent to an activating group) is 1. The van der Waals surface area contributed by atoms with Crippen LogP contribution in [0.15, 0.2) is 0 Å². The Bertz CT molecular complexity index is 312. The van der Waals surface area contributed by atoms with Crippen LogP contribution >= 0.6 is 0 Å². The Balaban J connectivity index is 4.08. The van der Waals surface area contributed by atoms with Crippen LogP contribution in [0.2, 0.25) is 0 Å². The number of carbonyl (C=O) groups excluding carboxylic acids is 1. The second-order valence-corrected chi connectivity index (χ2v) is 6.22. The van der Waals surface area contributed by atoms with Crippen molar-refractivity contribution in [2.45, 2.75) is 59.4 Å². The van der Waals surface area contributed by atoms with Crippen molar-refractivity contribution in [1.82, 2.24) is 10.6 Å². The smallest absolute Gasteiger partial charge is 0.303 e. The van der Waals surface area contributed by atoms with Gasteiger partial charge in [0.05, 0.1) is 5.54 Å². The van der Waals surface area contributed by atoms with Crippen molar-refractivity contribution in [3.8, 4) is 0 Å². The van der Waals surface area contributed by atoms with Crippen molar-refractivity contribution in [3.05, 3.63) is 0 Å². The van der Waals surface area contributed by atoms with E-state index in [-0.39, 0.29) is 17.7 Å². The minimum Gasteiger partial charge on any atom is -0.481 e. The van der Waals surface area contributed by atoms with Gasteiger partial charge in [-0.05, 0) is 38.6 Å². The third kappa shape index (κ3) is 7.82. The van der Waals surface area contributed by atoms with Crippen LogP contribution in [0, 0.1) is 5.41 Å². The third-order valence-corrected chi connectivity index (χ3v) is 3.29. The van der Waals surface area contributed by atoms with Gasteiger partial charge in [-0.2, -0.15) is 0 Å². The van der Waals surface area contributed by atoms with Crippen molar-refractivity contribution >= 4 is 11.9 Å². The fourth-order valence-electron chi connectivity index (χ4n) is 1.83. The van der Waals surface area contributed by atoms with Crippen LogP contribution in [0.5, 0.6) is 0 Å². The Morgan fingerprint density at radius 2 is 1.68 bits per heavy atom. The molecule has 0 aliphatic rings. The van der Waals surface area contributed by atoms with Crippen LogP contribution in [-0.4, -0.2) is 35.6 Å². The number of carbonyl (C=O) groups is 2. The summed E-state index contributed by atoms with van der Waals surface area (Å²) < 4.78 is 0. The second kappa shape index (κ2) is 7.48. The highest BCUT2D eigenvalue weighted by atomic mass is 16.4. The van der Waals surface area contributed by atoms with Crippen LogP contribution in [0.4, 0.5) is 0 Å². The van der Waals surface area contributed by atoms with E-state index in [1.165, 1.54) is 0 Å². The number of hydrogen-bond acceptors (Lipinski definition) is 3. The van der Waals surface area contributed by atoms with Gasteiger partial charge in [0.25, 0.3) is 0 Å². The van der Waals surface area contributed by atoms with Gasteiger partial charge in [-0.1, -0.05) is 20.8 Å². The molecule has 0 aromatic carbocycles. The maximum absolute atomic E-state index is 11.9. The van der Waals surface area contributed by atoms with Gasteiger partial charge in [-0.25, -0.2) is 0 Å². The summed E-state index contributed by atoms with van der Waals surface area (Å²) in [7, 11) is 0. The number of carboxylic acids is 1. The first-order chi connectivity index (χ1) is 8.60. The number of hydrogen-bond donors (Lipinski definition) is 3. The number of aliphatic carboxylic acids is 1. The van der Waals surface area contributed by atoms with Crippen LogP contribution < -0.4 is 10.6 Å². The summed E-state index contributed by atoms with van der Waals surface area (Å²) in [5, 5.41) is 14.7. The van der Waals surface area contributed by atoms with Crippen molar-refractivity contribution in [2.24, 2.45) is 5.41 Å². The molecular weight excluding hydrogens is 244 g/mol. The maximum Gasteiger partial charge on any atom is 0.303 e. The minimum absolute atomic E-state index is 0.0246. The standard InChI is InChI=1S/C14H28N2O3/c1-6-16-14(4,5)12(19)15-10-9-13(2,3)8-7-11(17)18/h16H,6-10H2,1-5H3,(H,15,19)(H,17,18). The first-order valence-corrected chi connectivity index (χ1v) is 6.86. The summed E-state index contributed by atoms with van der Waals surface area (Å²) in [6.45, 7) is 11.0. The summed E-state index contributed by atoms with van der Waals surface area (Å²) in [5.74, 6) is -0.797. The molecule has 0 atom stereocenters. The molecule has 0 aliphatic heterocycles. The number of carboxylic acid groups (broad SMARTS) is 1. The molecule has 0 aromatic heterocycles. The van der Waals surface area contributed by atoms with E-state index in [0.717, 1.165) is 13.0 Å². The van der Waals surface area contributed by atoms with Crippen molar-refractivity contribution in [2.75, 3.05) is 13.1 Å². The number of amides is 1. The van der Waals surface area contributed by atoms with Crippen LogP contribution in [-0.2, 0) is 9.59 Å². The molecule has 5 heteroatoms. The van der Waals surface area contributed by atoms with Gasteiger partial charge in [0, 0.05) is 13.0 Å². The average Bonchev–Trinajstić information content (AvgIpc) is 2.26. The van der Waals surface area contributed by atoms with Crippen LogP contribution in [0.3, 0.4) is 0 Å². The molecule has 0 rings (SSSR count). The SMILES string of the molecule is CCNC(C)(C)C(=O)NCCC(C)(C)CCC(=O)O. The van der Waals surface area contributed by atoms with E-state index in [1.54, 1.807) is 0 Å². The highest BCUT2D eigenvalue weighted by Gasteiger charge is 2.26. The van der Waals surface area contributed by atoms with Gasteiger partial charge in [0.2, 0.25) is 5.91 Å². The third-order valence-electron chi connectivity index (χ3n) is 3.29. The molecule has 5 nitrogen and oxygen atoms in total. The lowest BCUT2D eigenvalue weighted by Gasteiger charge is -2.27. The van der Waals surface area contributed by atoms with Gasteiger partial charge < -0.3 is 15.7 Å². The van der Waals surface area contributed by atoms with E-state index in [9.17, 15) is 9.59 Å². The van der Waals surface area contributed by atoms with E-state index in [4.69, 9.17) is 5.11 Å². The Hall–Kier alpha value is -1.10. The number of nitrogens with one attached hydrogen (secondary N) is 2. The predicted molar refractivity (Wildman–Crippen MR) is 76.0 cm³/mol. The molecule has 19 heavy (non-hydrogen) atoms. The molecule has 0 saturated heterocycles. The molecule has 0 saturated carbocycles. The summed E-state index contributed by atoms with van der Waals surface area (Å²) in [6.07, 6.45) is 1.56. The molecule has 0 radical (unpaired) electrons. The summed E-state index contributed by atoms with van der Waals surface area (Å²) in [4.78, 5) is 22.5. The Kier molecular flexibility index (Phi) is 7.05. The lowest BCUT2D eigenvalue weighted by atomic mass is 9.84. The van der Waals surface area contributed by atoms with Gasteiger partial charge in [-0.3, -0.25) is 9.59 Å². The van der Waals surface area contributed by atoms with E-state index < -0.39 is 11.5 Å². The molecule has 1 amide bonds. The zero-order valence-electron chi connectivity index (χ0n) is 12.8. The van der Waals surface area contributed by atoms with Crippen molar-refractivity contribution in [3.63, 3.8) is 0 Å². The Morgan fingerprint density at radius 1 is 1.11 bits per heavy atom. The Morgan fingerprint density at radius 3 is 2.16 bits per heavy atom. The molecule has 0 heterocycles. The molecular formula is C14H28N2O3. The summed E-state index contributed by atoms with van der Waals surface area (Å²) >= 11 is 0. The van der Waals surface area contributed by atoms with Gasteiger partial charge in [-0.15, -0.1) is 0 Å². The molecule has 0 fully saturated rings. The zero-order chi connectivity index (χ0) is 15.1. The highest BCUT2D eigenvalue weighted by molar-refractivity contribution is 5.85. The summed E-state index contributed by atoms with van der Waals surface area (Å²) in [6, 6.07) is 0. The monoisotopic (exact) mass is 272 g/mol. The molecule has 0 unspecified atom stereocenters. The molecule has 0 aliphatic carbocycles. The van der Waals surface area contributed by atoms with Crippen molar-refractivity contribution < 1.29 is 14.7 Å². The first kappa shape index (κ1) is 17.9. The van der Waals surface area contributed by atoms with E-state index in [1.807, 2.05) is 34.6 Å². The van der Waals surface area contributed by atoms with Crippen molar-refractivity contribution in [1.29, 1.82) is 0 Å². The molecule has 0 spiro atoms. The van der Waals surface area contributed by atoms with Gasteiger partial charge in [0.1, 0.15) is 0 Å².